The van der Waals surface area contributed by atoms with Crippen molar-refractivity contribution >= 4 is 5.78 Å². The van der Waals surface area contributed by atoms with Crippen molar-refractivity contribution in [2.75, 3.05) is 0 Å². The molecule has 1 N–H and O–H groups in total. The molecule has 3 heteroatoms. The lowest BCUT2D eigenvalue weighted by molar-refractivity contribution is -0.126. The summed E-state index contributed by atoms with van der Waals surface area (Å²) in [5, 5.41) is 9.54. The number of hydrogen-bond acceptors (Lipinski definition) is 3. The zero-order valence-electron chi connectivity index (χ0n) is 9.02. The normalized spacial score (nSPS) is 12.4. The van der Waals surface area contributed by atoms with E-state index in [1.807, 2.05) is 13.0 Å². The van der Waals surface area contributed by atoms with Gasteiger partial charge in [-0.1, -0.05) is 25.8 Å². The fourth-order valence-electron chi connectivity index (χ4n) is 1.38. The molecule has 0 amide bonds. The predicted octanol–water partition coefficient (Wildman–Crippen LogP) is 1.74. The van der Waals surface area contributed by atoms with Crippen LogP contribution in [-0.2, 0) is 11.2 Å². The summed E-state index contributed by atoms with van der Waals surface area (Å²) >= 11 is 0. The molecule has 0 bridgehead atoms. The van der Waals surface area contributed by atoms with Crippen LogP contribution in [0.2, 0.25) is 0 Å². The average molecular weight is 207 g/mol. The molecule has 0 aliphatic rings. The van der Waals surface area contributed by atoms with E-state index in [0.717, 1.165) is 18.4 Å². The zero-order valence-corrected chi connectivity index (χ0v) is 9.02. The Morgan fingerprint density at radius 1 is 1.60 bits per heavy atom. The molecule has 1 aromatic heterocycles. The largest absolute Gasteiger partial charge is 0.385 e. The first-order chi connectivity index (χ1) is 7.24. The molecule has 15 heavy (non-hydrogen) atoms. The molecule has 1 rings (SSSR count). The lowest BCUT2D eigenvalue weighted by Gasteiger charge is -2.08. The zero-order chi connectivity index (χ0) is 11.1. The fraction of sp³-hybridized carbons (Fsp3) is 0.500. The van der Waals surface area contributed by atoms with Crippen LogP contribution in [-0.4, -0.2) is 22.0 Å². The van der Waals surface area contributed by atoms with Crippen molar-refractivity contribution in [3.63, 3.8) is 0 Å². The second kappa shape index (κ2) is 6.30. The number of ketones is 1. The first-order valence-electron chi connectivity index (χ1n) is 5.33. The first-order valence-corrected chi connectivity index (χ1v) is 5.33. The van der Waals surface area contributed by atoms with Gasteiger partial charge in [-0.25, -0.2) is 0 Å². The number of unbranched alkanes of at least 4 members (excludes halogenated alkanes) is 1. The van der Waals surface area contributed by atoms with Gasteiger partial charge in [-0.15, -0.1) is 0 Å². The Hall–Kier alpha value is -1.22. The Kier molecular flexibility index (Phi) is 4.98. The Balaban J connectivity index is 2.42. The summed E-state index contributed by atoms with van der Waals surface area (Å²) in [7, 11) is 0. The van der Waals surface area contributed by atoms with Crippen molar-refractivity contribution in [1.82, 2.24) is 4.98 Å². The maximum absolute atomic E-state index is 11.5. The van der Waals surface area contributed by atoms with Crippen molar-refractivity contribution in [2.45, 2.75) is 38.7 Å². The molecule has 0 spiro atoms. The summed E-state index contributed by atoms with van der Waals surface area (Å²) in [6.07, 6.45) is 5.24. The summed E-state index contributed by atoms with van der Waals surface area (Å²) in [6.45, 7) is 2.04. The topological polar surface area (TPSA) is 50.2 Å². The minimum absolute atomic E-state index is 0.114. The van der Waals surface area contributed by atoms with E-state index in [2.05, 4.69) is 4.98 Å². The highest BCUT2D eigenvalue weighted by Gasteiger charge is 2.14. The second-order valence-corrected chi connectivity index (χ2v) is 3.66. The second-order valence-electron chi connectivity index (χ2n) is 3.66. The molecular weight excluding hydrogens is 190 g/mol. The van der Waals surface area contributed by atoms with Gasteiger partial charge in [-0.2, -0.15) is 0 Å². The van der Waals surface area contributed by atoms with Gasteiger partial charge in [0.25, 0.3) is 0 Å². The van der Waals surface area contributed by atoms with Crippen molar-refractivity contribution in [3.05, 3.63) is 30.1 Å². The number of Topliss-reactive ketones (excluding diaryl/α,β-unsaturated/α-hetero) is 1. The number of hydrogen-bond donors (Lipinski definition) is 1. The van der Waals surface area contributed by atoms with Crippen molar-refractivity contribution in [2.24, 2.45) is 0 Å². The number of carbonyl (C=O) groups is 1. The van der Waals surface area contributed by atoms with E-state index < -0.39 is 6.10 Å². The van der Waals surface area contributed by atoms with E-state index in [0.29, 0.717) is 6.42 Å². The predicted molar refractivity (Wildman–Crippen MR) is 58.5 cm³/mol. The Morgan fingerprint density at radius 3 is 3.00 bits per heavy atom. The molecule has 0 saturated carbocycles. The Bertz CT molecular complexity index is 298. The molecule has 82 valence electrons. The summed E-state index contributed by atoms with van der Waals surface area (Å²) in [4.78, 5) is 15.5. The van der Waals surface area contributed by atoms with Crippen molar-refractivity contribution < 1.29 is 9.90 Å². The number of nitrogens with zero attached hydrogens (tertiary/aromatic N) is 1. The highest BCUT2D eigenvalue weighted by Crippen LogP contribution is 2.05. The monoisotopic (exact) mass is 207 g/mol. The molecule has 1 heterocycles. The van der Waals surface area contributed by atoms with Gasteiger partial charge in [0, 0.05) is 18.8 Å². The highest BCUT2D eigenvalue weighted by molar-refractivity contribution is 5.84. The summed E-state index contributed by atoms with van der Waals surface area (Å²) in [6, 6.07) is 3.64. The van der Waals surface area contributed by atoms with Crippen LogP contribution < -0.4 is 0 Å². The Morgan fingerprint density at radius 2 is 2.40 bits per heavy atom. The number of aliphatic hydroxyl groups is 1. The highest BCUT2D eigenvalue weighted by atomic mass is 16.3. The Labute approximate surface area is 90.2 Å². The molecule has 0 aliphatic carbocycles. The van der Waals surface area contributed by atoms with Crippen LogP contribution in [0, 0.1) is 0 Å². The summed E-state index contributed by atoms with van der Waals surface area (Å²) in [5.74, 6) is -0.114. The molecule has 0 aromatic carbocycles. The van der Waals surface area contributed by atoms with E-state index in [-0.39, 0.29) is 12.2 Å². The smallest absolute Gasteiger partial charge is 0.165 e. The minimum atomic E-state index is -0.815. The van der Waals surface area contributed by atoms with Gasteiger partial charge in [0.1, 0.15) is 6.10 Å². The third-order valence-electron chi connectivity index (χ3n) is 2.30. The van der Waals surface area contributed by atoms with Crippen molar-refractivity contribution in [3.8, 4) is 0 Å². The van der Waals surface area contributed by atoms with Crippen LogP contribution in [0.4, 0.5) is 0 Å². The number of aliphatic hydroxyl groups excluding tert-OH is 1. The van der Waals surface area contributed by atoms with Crippen LogP contribution in [0.15, 0.2) is 24.5 Å². The van der Waals surface area contributed by atoms with Gasteiger partial charge in [-0.05, 0) is 18.1 Å². The SMILES string of the molecule is CCCC[C@H](O)C(=O)Cc1cccnc1. The van der Waals surface area contributed by atoms with Crippen molar-refractivity contribution in [1.29, 1.82) is 0 Å². The molecule has 0 saturated heterocycles. The third-order valence-corrected chi connectivity index (χ3v) is 2.30. The molecule has 0 fully saturated rings. The number of pyridine rings is 1. The van der Waals surface area contributed by atoms with Gasteiger partial charge < -0.3 is 5.11 Å². The summed E-state index contributed by atoms with van der Waals surface area (Å²) in [5.41, 5.74) is 0.859. The molecule has 0 radical (unpaired) electrons. The third kappa shape index (κ3) is 4.21. The van der Waals surface area contributed by atoms with Gasteiger partial charge in [0.15, 0.2) is 5.78 Å². The van der Waals surface area contributed by atoms with E-state index in [1.165, 1.54) is 0 Å². The lowest BCUT2D eigenvalue weighted by Crippen LogP contribution is -2.22. The average Bonchev–Trinajstić information content (AvgIpc) is 2.27. The number of rotatable bonds is 6. The van der Waals surface area contributed by atoms with Gasteiger partial charge in [-0.3, -0.25) is 9.78 Å². The standard InChI is InChI=1S/C12H17NO2/c1-2-3-6-11(14)12(15)8-10-5-4-7-13-9-10/h4-5,7,9,11,14H,2-3,6,8H2,1H3/t11-/m0/s1. The van der Waals surface area contributed by atoms with Crippen LogP contribution in [0.5, 0.6) is 0 Å². The number of aromatic nitrogens is 1. The van der Waals surface area contributed by atoms with E-state index >= 15 is 0 Å². The van der Waals surface area contributed by atoms with Gasteiger partial charge >= 0.3 is 0 Å². The molecule has 0 unspecified atom stereocenters. The van der Waals surface area contributed by atoms with E-state index in [1.54, 1.807) is 18.5 Å². The maximum Gasteiger partial charge on any atom is 0.165 e. The van der Waals surface area contributed by atoms with E-state index in [9.17, 15) is 9.90 Å². The maximum atomic E-state index is 11.5. The minimum Gasteiger partial charge on any atom is -0.385 e. The van der Waals surface area contributed by atoms with Crippen LogP contribution >= 0.6 is 0 Å². The van der Waals surface area contributed by atoms with Gasteiger partial charge in [0.05, 0.1) is 0 Å². The molecule has 0 aliphatic heterocycles. The lowest BCUT2D eigenvalue weighted by atomic mass is 10.0. The quantitative estimate of drug-likeness (QED) is 0.773. The molecule has 1 atom stereocenters. The molecule has 3 nitrogen and oxygen atoms in total. The molecule has 1 aromatic rings. The van der Waals surface area contributed by atoms with E-state index in [4.69, 9.17) is 0 Å². The fourth-order valence-corrected chi connectivity index (χ4v) is 1.38. The van der Waals surface area contributed by atoms with Crippen LogP contribution in [0.25, 0.3) is 0 Å². The van der Waals surface area contributed by atoms with Crippen LogP contribution in [0.1, 0.15) is 31.7 Å². The first kappa shape index (κ1) is 11.9. The molecular formula is C12H17NO2. The number of carbonyl (C=O) groups excluding carboxylic acids is 1. The summed E-state index contributed by atoms with van der Waals surface area (Å²) < 4.78 is 0. The van der Waals surface area contributed by atoms with Gasteiger partial charge in [0.2, 0.25) is 0 Å². The van der Waals surface area contributed by atoms with Crippen LogP contribution in [0.3, 0.4) is 0 Å².